The first kappa shape index (κ1) is 88.7. The number of halogens is 3. The number of aryl methyl sites for hydroxylation is 5. The molecule has 0 amide bonds. The third kappa shape index (κ3) is 38.1. The van der Waals surface area contributed by atoms with Gasteiger partial charge in [0.2, 0.25) is 0 Å². The van der Waals surface area contributed by atoms with E-state index in [2.05, 4.69) is 289 Å². The lowest BCUT2D eigenvalue weighted by atomic mass is 9.78. The Bertz CT molecular complexity index is 2550. The van der Waals surface area contributed by atoms with Crippen LogP contribution in [0.3, 0.4) is 0 Å². The van der Waals surface area contributed by atoms with Crippen LogP contribution >= 0.6 is 0 Å². The lowest BCUT2D eigenvalue weighted by Gasteiger charge is -2.33. The minimum absolute atomic E-state index is 0. The molecular weight excluding hydrogens is 1180 g/mol. The van der Waals surface area contributed by atoms with Gasteiger partial charge in [0.1, 0.15) is 0 Å². The zero-order valence-electron chi connectivity index (χ0n) is 65.0. The summed E-state index contributed by atoms with van der Waals surface area (Å²) >= 11 is 0. The number of pyridine rings is 2. The minimum Gasteiger partial charge on any atom is -0.301 e. The second-order valence-corrected chi connectivity index (χ2v) is 31.1. The quantitative estimate of drug-likeness (QED) is 0.128. The first-order chi connectivity index (χ1) is 44.6. The molecule has 2 saturated carbocycles. The summed E-state index contributed by atoms with van der Waals surface area (Å²) in [5.74, 6) is 7.89. The van der Waals surface area contributed by atoms with Gasteiger partial charge in [-0.3, -0.25) is 9.97 Å². The van der Waals surface area contributed by atoms with Crippen molar-refractivity contribution in [3.8, 4) is 0 Å². The molecule has 2 aromatic heterocycles. The fourth-order valence-corrected chi connectivity index (χ4v) is 11.2. The molecule has 1 saturated heterocycles. The number of alkyl halides is 3. The van der Waals surface area contributed by atoms with Crippen molar-refractivity contribution >= 4 is 0 Å². The Morgan fingerprint density at radius 3 is 1.07 bits per heavy atom. The third-order valence-corrected chi connectivity index (χ3v) is 19.2. The number of likely N-dealkylation sites (tertiary alicyclic amines) is 1. The normalized spacial score (nSPS) is 17.0. The Labute approximate surface area is 590 Å². The van der Waals surface area contributed by atoms with Gasteiger partial charge in [-0.2, -0.15) is 13.2 Å². The molecule has 1 atom stereocenters. The van der Waals surface area contributed by atoms with Crippen LogP contribution < -0.4 is 0 Å². The van der Waals surface area contributed by atoms with Gasteiger partial charge in [0.05, 0.1) is 5.92 Å². The van der Waals surface area contributed by atoms with Crippen LogP contribution in [-0.4, -0.2) is 40.2 Å². The number of benzene rings is 4. The van der Waals surface area contributed by atoms with E-state index < -0.39 is 12.1 Å². The maximum absolute atomic E-state index is 12.2. The van der Waals surface area contributed by atoms with E-state index >= 15 is 0 Å². The van der Waals surface area contributed by atoms with Crippen LogP contribution in [0.15, 0.2) is 145 Å². The van der Waals surface area contributed by atoms with Crippen molar-refractivity contribution in [2.75, 3.05) is 13.1 Å². The number of allylic oxidation sites excluding steroid dienone is 2. The summed E-state index contributed by atoms with van der Waals surface area (Å²) in [7, 11) is 0. The molecule has 6 aromatic rings. The van der Waals surface area contributed by atoms with Gasteiger partial charge >= 0.3 is 6.18 Å². The van der Waals surface area contributed by atoms with Crippen LogP contribution in [-0.2, 0) is 0 Å². The molecule has 4 aromatic carbocycles. The van der Waals surface area contributed by atoms with E-state index in [0.717, 1.165) is 41.3 Å². The molecule has 0 bridgehead atoms. The zero-order chi connectivity index (χ0) is 71.5. The van der Waals surface area contributed by atoms with Gasteiger partial charge in [-0.25, -0.2) is 0 Å². The third-order valence-electron chi connectivity index (χ3n) is 19.2. The molecule has 3 nitrogen and oxygen atoms in total. The molecule has 6 heteroatoms. The first-order valence-electron chi connectivity index (χ1n) is 37.2. The van der Waals surface area contributed by atoms with E-state index in [4.69, 9.17) is 0 Å². The van der Waals surface area contributed by atoms with Gasteiger partial charge in [0, 0.05) is 29.8 Å². The van der Waals surface area contributed by atoms with E-state index in [0.29, 0.717) is 47.8 Å². The molecule has 0 radical (unpaired) electrons. The van der Waals surface area contributed by atoms with Crippen LogP contribution in [0.4, 0.5) is 13.2 Å². The second-order valence-electron chi connectivity index (χ2n) is 31.1. The Balaban J connectivity index is 0.000000540. The second kappa shape index (κ2) is 46.9. The Morgan fingerprint density at radius 1 is 0.396 bits per heavy atom. The molecule has 3 fully saturated rings. The SMILES string of the molecule is C.CC(C)C1=CCC(C(F)(F)F)CC1.CC(C)c1ccc(C2CC2)cc1.CC1CCC(C(C)C)CC1.CC1CCN(C(C)C)CC1.Cc1ccc(C(C)C)cc1.Cc1ccc(C(C)C)cc1.Cc1ccc(C(C)C)cc1.Cc1ccc(C(C)C)cn1.Cc1ccc(C(C)C)nc1. The summed E-state index contributed by atoms with van der Waals surface area (Å²) in [5.41, 5.74) is 17.3. The number of aromatic nitrogens is 2. The van der Waals surface area contributed by atoms with E-state index in [1.807, 2.05) is 33.2 Å². The Hall–Kier alpha value is -5.33. The van der Waals surface area contributed by atoms with Gasteiger partial charge in [0.15, 0.2) is 0 Å². The molecule has 4 aliphatic rings. The van der Waals surface area contributed by atoms with E-state index in [9.17, 15) is 13.2 Å². The van der Waals surface area contributed by atoms with Crippen molar-refractivity contribution in [3.63, 3.8) is 0 Å². The Kier molecular flexibility index (Phi) is 43.3. The highest BCUT2D eigenvalue weighted by atomic mass is 19.4. The largest absolute Gasteiger partial charge is 0.392 e. The zero-order valence-corrected chi connectivity index (χ0v) is 65.0. The molecule has 538 valence electrons. The molecule has 0 spiro atoms. The summed E-state index contributed by atoms with van der Waals surface area (Å²) in [6.07, 6.45) is 14.2. The maximum Gasteiger partial charge on any atom is 0.392 e. The van der Waals surface area contributed by atoms with E-state index in [1.165, 1.54) is 126 Å². The molecule has 10 rings (SSSR count). The molecule has 1 aliphatic heterocycles. The standard InChI is InChI=1S/C12H16.C10H15F3.C10H20.3C10H14.C9H19N.2C9H13N.CH4/c1-9(2)10-3-5-11(6-4-10)12-7-8-12;1-7(2)8-3-5-9(6-4-8)10(11,12)13;5*1-8(2)10-6-4-9(3)5-7-10;1-7(2)9-5-4-8(3)10-6-9;1-7(2)9-5-4-8(3)6-10-9;/h3-6,9,12H,7-8H2,1-2H3;3,7,9H,4-6H2,1-2H3;8-10H,4-7H2,1-3H3;3*4-8H,1-3H3;8-9H,4-7H2,1-3H3;2*4-7H,1-3H3;1H4. The molecule has 3 aliphatic carbocycles. The lowest BCUT2D eigenvalue weighted by Crippen LogP contribution is -2.37. The van der Waals surface area contributed by atoms with E-state index in [-0.39, 0.29) is 20.3 Å². The maximum atomic E-state index is 12.2. The molecule has 0 N–H and O–H groups in total. The summed E-state index contributed by atoms with van der Waals surface area (Å²) in [5, 5.41) is 0. The highest BCUT2D eigenvalue weighted by Gasteiger charge is 2.39. The van der Waals surface area contributed by atoms with Gasteiger partial charge in [0.25, 0.3) is 0 Å². The van der Waals surface area contributed by atoms with Crippen LogP contribution in [0.1, 0.15) is 325 Å². The van der Waals surface area contributed by atoms with Gasteiger partial charge in [-0.05, 0) is 241 Å². The topological polar surface area (TPSA) is 29.0 Å². The average Bonchev–Trinajstić information content (AvgIpc) is 2.07. The Morgan fingerprint density at radius 2 is 0.781 bits per heavy atom. The molecule has 3 heterocycles. The molecular formula is C90H142F3N3. The van der Waals surface area contributed by atoms with Crippen molar-refractivity contribution in [1.82, 2.24) is 14.9 Å². The highest BCUT2D eigenvalue weighted by Crippen LogP contribution is 2.41. The van der Waals surface area contributed by atoms with Crippen LogP contribution in [0.25, 0.3) is 0 Å². The molecule has 1 unspecified atom stereocenters. The monoisotopic (exact) mass is 1320 g/mol. The smallest absolute Gasteiger partial charge is 0.301 e. The minimum atomic E-state index is -4.00. The summed E-state index contributed by atoms with van der Waals surface area (Å²) in [4.78, 5) is 11.0. The summed E-state index contributed by atoms with van der Waals surface area (Å²) in [6, 6.07) is 44.4. The molecule has 96 heavy (non-hydrogen) atoms. The van der Waals surface area contributed by atoms with Gasteiger partial charge < -0.3 is 4.90 Å². The predicted molar refractivity (Wildman–Crippen MR) is 419 cm³/mol. The van der Waals surface area contributed by atoms with Crippen molar-refractivity contribution in [2.24, 2.45) is 35.5 Å². The first-order valence-corrected chi connectivity index (χ1v) is 37.2. The van der Waals surface area contributed by atoms with Crippen molar-refractivity contribution in [2.45, 2.75) is 305 Å². The lowest BCUT2D eigenvalue weighted by molar-refractivity contribution is -0.176. The van der Waals surface area contributed by atoms with Crippen LogP contribution in [0, 0.1) is 70.1 Å². The van der Waals surface area contributed by atoms with Gasteiger partial charge in [-0.15, -0.1) is 0 Å². The number of piperidine rings is 1. The van der Waals surface area contributed by atoms with Crippen LogP contribution in [0.5, 0.6) is 0 Å². The average molecular weight is 1320 g/mol. The fourth-order valence-electron chi connectivity index (χ4n) is 11.2. The van der Waals surface area contributed by atoms with Gasteiger partial charge in [-0.1, -0.05) is 282 Å². The van der Waals surface area contributed by atoms with E-state index in [1.54, 1.807) is 11.6 Å². The van der Waals surface area contributed by atoms with Crippen molar-refractivity contribution in [1.29, 1.82) is 0 Å². The highest BCUT2D eigenvalue weighted by molar-refractivity contribution is 5.30. The number of nitrogens with zero attached hydrogens (tertiary/aromatic N) is 3. The number of rotatable bonds is 10. The van der Waals surface area contributed by atoms with Crippen LogP contribution in [0.2, 0.25) is 0 Å². The number of hydrogen-bond donors (Lipinski definition) is 0. The van der Waals surface area contributed by atoms with Crippen molar-refractivity contribution in [3.05, 3.63) is 212 Å². The predicted octanol–water partition coefficient (Wildman–Crippen LogP) is 28.2. The summed E-state index contributed by atoms with van der Waals surface area (Å²) in [6.45, 7) is 57.5. The number of hydrogen-bond acceptors (Lipinski definition) is 3. The fraction of sp³-hybridized carbons (Fsp3) is 0.600. The summed E-state index contributed by atoms with van der Waals surface area (Å²) < 4.78 is 36.7. The van der Waals surface area contributed by atoms with Crippen molar-refractivity contribution < 1.29 is 13.2 Å².